The van der Waals surface area contributed by atoms with Crippen LogP contribution in [0.3, 0.4) is 0 Å². The van der Waals surface area contributed by atoms with E-state index in [1.807, 2.05) is 0 Å². The number of hydrazine groups is 1. The van der Waals surface area contributed by atoms with Gasteiger partial charge in [-0.2, -0.15) is 0 Å². The zero-order valence-corrected chi connectivity index (χ0v) is 22.7. The lowest BCUT2D eigenvalue weighted by Gasteiger charge is -2.21. The molecule has 2 aromatic carbocycles. The molecule has 1 heterocycles. The largest absolute Gasteiger partial charge is 0.494 e. The number of hydrogen-bond donors (Lipinski definition) is 3. The van der Waals surface area contributed by atoms with Crippen molar-refractivity contribution in [2.75, 3.05) is 26.6 Å². The predicted molar refractivity (Wildman–Crippen MR) is 143 cm³/mol. The van der Waals surface area contributed by atoms with Gasteiger partial charge in [0.1, 0.15) is 34.4 Å². The predicted octanol–water partition coefficient (Wildman–Crippen LogP) is 2.75. The number of aromatic nitrogens is 2. The van der Waals surface area contributed by atoms with Crippen molar-refractivity contribution in [3.63, 3.8) is 0 Å². The first-order valence-corrected chi connectivity index (χ1v) is 13.0. The number of benzene rings is 2. The van der Waals surface area contributed by atoms with Gasteiger partial charge in [0.05, 0.1) is 14.2 Å². The number of nitrogens with one attached hydrogen (secondary N) is 3. The molecule has 3 rings (SSSR count). The smallest absolute Gasteiger partial charge is 0.269 e. The molecular formula is C25H29FN6O6S. The maximum Gasteiger partial charge on any atom is 0.269 e. The molecule has 3 aromatic rings. The summed E-state index contributed by atoms with van der Waals surface area (Å²) < 4.78 is 60.4. The van der Waals surface area contributed by atoms with Crippen LogP contribution in [0.4, 0.5) is 10.1 Å². The van der Waals surface area contributed by atoms with Gasteiger partial charge < -0.3 is 19.5 Å². The molecule has 14 heteroatoms. The van der Waals surface area contributed by atoms with Crippen molar-refractivity contribution in [3.05, 3.63) is 77.6 Å². The Labute approximate surface area is 225 Å². The molecular weight excluding hydrogens is 531 g/mol. The molecule has 0 aliphatic rings. The van der Waals surface area contributed by atoms with E-state index in [0.717, 1.165) is 11.6 Å². The number of carbonyl (C=O) groups excluding carboxylic acids is 1. The average Bonchev–Trinajstić information content (AvgIpc) is 2.92. The minimum Gasteiger partial charge on any atom is -0.494 e. The molecule has 0 bridgehead atoms. The molecule has 39 heavy (non-hydrogen) atoms. The van der Waals surface area contributed by atoms with Gasteiger partial charge in [-0.05, 0) is 49.7 Å². The number of anilines is 1. The number of rotatable bonds is 9. The third-order valence-corrected chi connectivity index (χ3v) is 7.10. The zero-order chi connectivity index (χ0) is 28.6. The number of methoxy groups -OCH3 is 3. The first-order chi connectivity index (χ1) is 18.6. The molecule has 0 saturated carbocycles. The van der Waals surface area contributed by atoms with Crippen LogP contribution in [-0.4, -0.2) is 56.8 Å². The highest BCUT2D eigenvalue weighted by Crippen LogP contribution is 2.34. The number of hydrogen-bond acceptors (Lipinski definition) is 8. The van der Waals surface area contributed by atoms with Crippen LogP contribution >= 0.6 is 0 Å². The van der Waals surface area contributed by atoms with Gasteiger partial charge in [-0.25, -0.2) is 22.8 Å². The molecule has 3 N–H and O–H groups in total. The van der Waals surface area contributed by atoms with Crippen molar-refractivity contribution in [3.8, 4) is 11.5 Å². The SMILES string of the molecule is COc1cccc(OC)c1NC(=NS(=O)(=O)C(C)C(OC)c1ncc(C)cn1)NNC(=O)c1cccc(F)c1. The number of carbonyl (C=O) groups is 1. The van der Waals surface area contributed by atoms with Crippen LogP contribution in [0.1, 0.15) is 34.8 Å². The Morgan fingerprint density at radius 3 is 2.18 bits per heavy atom. The summed E-state index contributed by atoms with van der Waals surface area (Å²) in [6, 6.07) is 9.85. The van der Waals surface area contributed by atoms with Crippen LogP contribution < -0.4 is 25.6 Å². The van der Waals surface area contributed by atoms with E-state index in [2.05, 4.69) is 30.5 Å². The van der Waals surface area contributed by atoms with E-state index in [1.165, 1.54) is 46.5 Å². The second-order valence-electron chi connectivity index (χ2n) is 8.19. The fourth-order valence-electron chi connectivity index (χ4n) is 3.41. The van der Waals surface area contributed by atoms with E-state index in [0.29, 0.717) is 11.5 Å². The quantitative estimate of drug-likeness (QED) is 0.202. The summed E-state index contributed by atoms with van der Waals surface area (Å²) in [4.78, 5) is 21.0. The Bertz CT molecular complexity index is 1410. The van der Waals surface area contributed by atoms with E-state index >= 15 is 0 Å². The lowest BCUT2D eigenvalue weighted by atomic mass is 10.2. The van der Waals surface area contributed by atoms with E-state index in [1.54, 1.807) is 37.5 Å². The summed E-state index contributed by atoms with van der Waals surface area (Å²) in [5.41, 5.74) is 5.77. The number of guanidine groups is 1. The lowest BCUT2D eigenvalue weighted by molar-refractivity contribution is 0.0941. The molecule has 208 valence electrons. The van der Waals surface area contributed by atoms with Crippen LogP contribution in [0.15, 0.2) is 59.3 Å². The summed E-state index contributed by atoms with van der Waals surface area (Å²) >= 11 is 0. The maximum absolute atomic E-state index is 13.6. The Morgan fingerprint density at radius 1 is 1.00 bits per heavy atom. The van der Waals surface area contributed by atoms with Crippen molar-refractivity contribution >= 4 is 27.6 Å². The molecule has 2 atom stereocenters. The molecule has 0 saturated heterocycles. The van der Waals surface area contributed by atoms with E-state index in [4.69, 9.17) is 14.2 Å². The van der Waals surface area contributed by atoms with E-state index in [-0.39, 0.29) is 17.1 Å². The second kappa shape index (κ2) is 13.0. The Balaban J connectivity index is 1.98. The van der Waals surface area contributed by atoms with Crippen molar-refractivity contribution in [1.29, 1.82) is 0 Å². The molecule has 0 spiro atoms. The Hall–Kier alpha value is -4.30. The Kier molecular flexibility index (Phi) is 9.73. The summed E-state index contributed by atoms with van der Waals surface area (Å²) in [7, 11) is -0.177. The van der Waals surface area contributed by atoms with Crippen molar-refractivity contribution in [1.82, 2.24) is 20.8 Å². The number of halogens is 1. The van der Waals surface area contributed by atoms with Gasteiger partial charge in [0.2, 0.25) is 5.96 Å². The van der Waals surface area contributed by atoms with Gasteiger partial charge in [-0.15, -0.1) is 4.40 Å². The van der Waals surface area contributed by atoms with Gasteiger partial charge in [0, 0.05) is 25.1 Å². The molecule has 0 aliphatic heterocycles. The van der Waals surface area contributed by atoms with Crippen LogP contribution in [-0.2, 0) is 14.8 Å². The summed E-state index contributed by atoms with van der Waals surface area (Å²) in [5.74, 6) is -1.02. The molecule has 0 radical (unpaired) electrons. The first-order valence-electron chi connectivity index (χ1n) is 11.5. The van der Waals surface area contributed by atoms with Gasteiger partial charge in [0.15, 0.2) is 5.82 Å². The van der Waals surface area contributed by atoms with Crippen molar-refractivity contribution in [2.24, 2.45) is 4.40 Å². The average molecular weight is 561 g/mol. The topological polar surface area (TPSA) is 153 Å². The summed E-state index contributed by atoms with van der Waals surface area (Å²) in [6.45, 7) is 3.19. The van der Waals surface area contributed by atoms with Crippen LogP contribution in [0, 0.1) is 12.7 Å². The summed E-state index contributed by atoms with van der Waals surface area (Å²) in [5, 5.41) is 1.55. The Morgan fingerprint density at radius 2 is 1.62 bits per heavy atom. The maximum atomic E-state index is 13.6. The van der Waals surface area contributed by atoms with E-state index in [9.17, 15) is 17.6 Å². The highest BCUT2D eigenvalue weighted by atomic mass is 32.2. The van der Waals surface area contributed by atoms with Crippen LogP contribution in [0.25, 0.3) is 0 Å². The van der Waals surface area contributed by atoms with Crippen molar-refractivity contribution < 1.29 is 31.8 Å². The number of sulfonamides is 1. The van der Waals surface area contributed by atoms with Gasteiger partial charge in [0.25, 0.3) is 15.9 Å². The van der Waals surface area contributed by atoms with Crippen LogP contribution in [0.5, 0.6) is 11.5 Å². The van der Waals surface area contributed by atoms with Crippen LogP contribution in [0.2, 0.25) is 0 Å². The third kappa shape index (κ3) is 7.39. The molecule has 2 unspecified atom stereocenters. The van der Waals surface area contributed by atoms with Crippen molar-refractivity contribution in [2.45, 2.75) is 25.2 Å². The van der Waals surface area contributed by atoms with E-state index < -0.39 is 39.1 Å². The monoisotopic (exact) mass is 560 g/mol. The number of aryl methyl sites for hydroxylation is 1. The summed E-state index contributed by atoms with van der Waals surface area (Å²) in [6.07, 6.45) is 2.03. The number of nitrogens with zero attached hydrogens (tertiary/aromatic N) is 3. The molecule has 1 amide bonds. The molecule has 12 nitrogen and oxygen atoms in total. The van der Waals surface area contributed by atoms with Gasteiger partial charge in [-0.1, -0.05) is 12.1 Å². The normalized spacial score (nSPS) is 13.2. The molecule has 0 fully saturated rings. The highest BCUT2D eigenvalue weighted by molar-refractivity contribution is 7.90. The molecule has 1 aromatic heterocycles. The standard InChI is InChI=1S/C25H29FN6O6S/c1-15-13-27-23(28-14-15)22(38-5)16(2)39(34,35)32-25(29-21-19(36-3)10-7-11-20(21)37-4)31-30-24(33)17-8-6-9-18(26)12-17/h6-14,16,22H,1-5H3,(H,30,33)(H2,29,31,32). The van der Waals surface area contributed by atoms with Gasteiger partial charge in [-0.3, -0.25) is 15.6 Å². The highest BCUT2D eigenvalue weighted by Gasteiger charge is 2.33. The fraction of sp³-hybridized carbons (Fsp3) is 0.280. The number of amides is 1. The minimum atomic E-state index is -4.34. The zero-order valence-electron chi connectivity index (χ0n) is 21.9. The molecule has 0 aliphatic carbocycles. The number of ether oxygens (including phenoxy) is 3. The minimum absolute atomic E-state index is 0.0103. The number of para-hydroxylation sites is 1. The fourth-order valence-corrected chi connectivity index (χ4v) is 4.47. The first kappa shape index (κ1) is 29.3. The second-order valence-corrected chi connectivity index (χ2v) is 10.1. The third-order valence-electron chi connectivity index (χ3n) is 5.48. The lowest BCUT2D eigenvalue weighted by Crippen LogP contribution is -2.46. The van der Waals surface area contributed by atoms with Gasteiger partial charge >= 0.3 is 0 Å².